The van der Waals surface area contributed by atoms with Crippen molar-refractivity contribution in [3.8, 4) is 0 Å². The van der Waals surface area contributed by atoms with Gasteiger partial charge < -0.3 is 0 Å². The van der Waals surface area contributed by atoms with Gasteiger partial charge in [-0.2, -0.15) is 0 Å². The first-order chi connectivity index (χ1) is 5.04. The number of halogens is 2. The van der Waals surface area contributed by atoms with Gasteiger partial charge in [0.05, 0.1) is 8.71 Å². The summed E-state index contributed by atoms with van der Waals surface area (Å²) < 4.78 is 1.15. The Morgan fingerprint density at radius 3 is 2.18 bits per heavy atom. The van der Waals surface area contributed by atoms with E-state index in [1.807, 2.05) is 0 Å². The molecule has 0 spiro atoms. The molecule has 0 amide bonds. The molecule has 60 valence electrons. The van der Waals surface area contributed by atoms with Gasteiger partial charge in [-0.05, 0) is 31.9 Å². The average molecular weight is 319 g/mol. The lowest BCUT2D eigenvalue weighted by atomic mass is 10.5. The first-order valence-corrected chi connectivity index (χ1v) is 5.20. The molecule has 1 aromatic heterocycles. The summed E-state index contributed by atoms with van der Waals surface area (Å²) in [5, 5.41) is 10.4. The summed E-state index contributed by atoms with van der Waals surface area (Å²) in [6.07, 6.45) is 0. The molecular formula is C4HBr2NO2S2. The highest BCUT2D eigenvalue weighted by Crippen LogP contribution is 2.44. The van der Waals surface area contributed by atoms with E-state index in [1.165, 1.54) is 11.3 Å². The van der Waals surface area contributed by atoms with Crippen LogP contribution < -0.4 is 0 Å². The minimum Gasteiger partial charge on any atom is -0.258 e. The molecule has 0 saturated carbocycles. The summed E-state index contributed by atoms with van der Waals surface area (Å²) >= 11 is 11.4. The van der Waals surface area contributed by atoms with Crippen molar-refractivity contribution < 1.29 is 4.92 Å². The molecule has 0 fully saturated rings. The van der Waals surface area contributed by atoms with E-state index in [9.17, 15) is 10.1 Å². The Balaban J connectivity index is 3.34. The Labute approximate surface area is 88.6 Å². The Bertz CT molecular complexity index is 311. The number of thiophene rings is 1. The lowest BCUT2D eigenvalue weighted by Gasteiger charge is -1.87. The summed E-state index contributed by atoms with van der Waals surface area (Å²) in [6, 6.07) is 0. The molecule has 0 aromatic carbocycles. The fourth-order valence-corrected chi connectivity index (χ4v) is 3.86. The predicted octanol–water partition coefficient (Wildman–Crippen LogP) is 3.47. The smallest absolute Gasteiger partial charge is 0.258 e. The Morgan fingerprint density at radius 2 is 2.00 bits per heavy atom. The Kier molecular flexibility index (Phi) is 2.96. The maximum atomic E-state index is 10.4. The zero-order valence-corrected chi connectivity index (χ0v) is 9.76. The van der Waals surface area contributed by atoms with Crippen molar-refractivity contribution in [1.82, 2.24) is 0 Å². The summed E-state index contributed by atoms with van der Waals surface area (Å²) in [7, 11) is 0. The van der Waals surface area contributed by atoms with Gasteiger partial charge in [-0.1, -0.05) is 0 Å². The van der Waals surface area contributed by atoms with Crippen LogP contribution in [0.5, 0.6) is 0 Å². The quantitative estimate of drug-likeness (QED) is 0.489. The van der Waals surface area contributed by atoms with E-state index in [4.69, 9.17) is 0 Å². The molecule has 11 heavy (non-hydrogen) atoms. The van der Waals surface area contributed by atoms with Crippen molar-refractivity contribution >= 4 is 61.5 Å². The largest absolute Gasteiger partial charge is 0.308 e. The van der Waals surface area contributed by atoms with Gasteiger partial charge in [-0.3, -0.25) is 10.1 Å². The maximum absolute atomic E-state index is 10.4. The molecular weight excluding hydrogens is 318 g/mol. The number of nitrogens with zero attached hydrogens (tertiary/aromatic N) is 1. The van der Waals surface area contributed by atoms with Crippen LogP contribution in [0.25, 0.3) is 0 Å². The predicted molar refractivity (Wildman–Crippen MR) is 53.6 cm³/mol. The average Bonchev–Trinajstić information content (AvgIpc) is 2.07. The molecule has 0 radical (unpaired) electrons. The van der Waals surface area contributed by atoms with Crippen LogP contribution in [0.4, 0.5) is 5.69 Å². The molecule has 0 aliphatic heterocycles. The van der Waals surface area contributed by atoms with Crippen LogP contribution >= 0.6 is 55.8 Å². The van der Waals surface area contributed by atoms with Crippen molar-refractivity contribution in [1.29, 1.82) is 0 Å². The standard InChI is InChI=1S/C4HBr2NO2S2/c5-3-1(7(8)9)2(10)4(6)11-3/h10H. The molecule has 0 bridgehead atoms. The van der Waals surface area contributed by atoms with Gasteiger partial charge in [-0.25, -0.2) is 0 Å². The lowest BCUT2D eigenvalue weighted by Crippen LogP contribution is -1.86. The molecule has 7 heteroatoms. The van der Waals surface area contributed by atoms with Gasteiger partial charge in [0.2, 0.25) is 0 Å². The van der Waals surface area contributed by atoms with E-state index in [0.717, 1.165) is 0 Å². The first kappa shape index (κ1) is 9.50. The van der Waals surface area contributed by atoms with Crippen LogP contribution in [-0.4, -0.2) is 4.92 Å². The summed E-state index contributed by atoms with van der Waals surface area (Å²) in [6.45, 7) is 0. The third kappa shape index (κ3) is 1.77. The van der Waals surface area contributed by atoms with E-state index in [2.05, 4.69) is 44.5 Å². The van der Waals surface area contributed by atoms with Crippen LogP contribution in [0.3, 0.4) is 0 Å². The number of nitro groups is 1. The van der Waals surface area contributed by atoms with Crippen LogP contribution in [0.1, 0.15) is 0 Å². The van der Waals surface area contributed by atoms with Gasteiger partial charge in [0.25, 0.3) is 0 Å². The zero-order valence-electron chi connectivity index (χ0n) is 4.88. The van der Waals surface area contributed by atoms with Crippen molar-refractivity contribution in [2.45, 2.75) is 4.90 Å². The summed E-state index contributed by atoms with van der Waals surface area (Å²) in [5.41, 5.74) is 0.0187. The van der Waals surface area contributed by atoms with E-state index >= 15 is 0 Å². The van der Waals surface area contributed by atoms with Crippen LogP contribution in [-0.2, 0) is 0 Å². The molecule has 1 heterocycles. The fraction of sp³-hybridized carbons (Fsp3) is 0. The molecule has 1 rings (SSSR count). The SMILES string of the molecule is O=[N+]([O-])c1c(Br)sc(Br)c1S. The van der Waals surface area contributed by atoms with E-state index in [1.54, 1.807) is 0 Å². The molecule has 0 N–H and O–H groups in total. The fourth-order valence-electron chi connectivity index (χ4n) is 0.520. The topological polar surface area (TPSA) is 43.1 Å². The highest BCUT2D eigenvalue weighted by Gasteiger charge is 2.22. The van der Waals surface area contributed by atoms with Gasteiger partial charge in [0.15, 0.2) is 3.79 Å². The molecule has 0 aliphatic carbocycles. The maximum Gasteiger partial charge on any atom is 0.308 e. The molecule has 0 saturated heterocycles. The molecule has 0 unspecified atom stereocenters. The monoisotopic (exact) mass is 317 g/mol. The Morgan fingerprint density at radius 1 is 1.45 bits per heavy atom. The van der Waals surface area contributed by atoms with Crippen molar-refractivity contribution in [2.75, 3.05) is 0 Å². The second-order valence-corrected chi connectivity index (χ2v) is 5.71. The van der Waals surface area contributed by atoms with Crippen molar-refractivity contribution in [3.05, 3.63) is 17.7 Å². The van der Waals surface area contributed by atoms with Gasteiger partial charge in [0, 0.05) is 0 Å². The molecule has 0 aliphatic rings. The van der Waals surface area contributed by atoms with Crippen LogP contribution in [0.15, 0.2) is 12.5 Å². The number of rotatable bonds is 1. The molecule has 3 nitrogen and oxygen atoms in total. The third-order valence-electron chi connectivity index (χ3n) is 0.958. The van der Waals surface area contributed by atoms with Gasteiger partial charge >= 0.3 is 5.69 Å². The summed E-state index contributed by atoms with van der Waals surface area (Å²) in [4.78, 5) is 10.3. The van der Waals surface area contributed by atoms with Crippen LogP contribution in [0, 0.1) is 10.1 Å². The highest BCUT2D eigenvalue weighted by atomic mass is 79.9. The third-order valence-corrected chi connectivity index (χ3v) is 4.35. The minimum absolute atomic E-state index is 0.0187. The van der Waals surface area contributed by atoms with Gasteiger partial charge in [-0.15, -0.1) is 24.0 Å². The number of hydrogen-bond acceptors (Lipinski definition) is 4. The highest BCUT2D eigenvalue weighted by molar-refractivity contribution is 9.12. The zero-order chi connectivity index (χ0) is 8.59. The van der Waals surface area contributed by atoms with E-state index in [-0.39, 0.29) is 5.69 Å². The normalized spacial score (nSPS) is 10.1. The summed E-state index contributed by atoms with van der Waals surface area (Å²) in [5.74, 6) is 0. The number of thiol groups is 1. The van der Waals surface area contributed by atoms with E-state index in [0.29, 0.717) is 12.5 Å². The molecule has 1 aromatic rings. The van der Waals surface area contributed by atoms with Crippen LogP contribution in [0.2, 0.25) is 0 Å². The van der Waals surface area contributed by atoms with E-state index < -0.39 is 4.92 Å². The lowest BCUT2D eigenvalue weighted by molar-refractivity contribution is -0.388. The Hall–Kier alpha value is 0.410. The second kappa shape index (κ2) is 3.42. The first-order valence-electron chi connectivity index (χ1n) is 2.35. The number of hydrogen-bond donors (Lipinski definition) is 1. The molecule has 0 atom stereocenters. The minimum atomic E-state index is -0.465. The van der Waals surface area contributed by atoms with Crippen molar-refractivity contribution in [3.63, 3.8) is 0 Å². The van der Waals surface area contributed by atoms with Gasteiger partial charge in [0.1, 0.15) is 4.90 Å². The second-order valence-electron chi connectivity index (χ2n) is 1.60. The van der Waals surface area contributed by atoms with Crippen molar-refractivity contribution in [2.24, 2.45) is 0 Å².